The summed E-state index contributed by atoms with van der Waals surface area (Å²) in [5, 5.41) is 4.15. The van der Waals surface area contributed by atoms with Gasteiger partial charge in [0.15, 0.2) is 0 Å². The largest absolute Gasteiger partial charge is 0.497 e. The Morgan fingerprint density at radius 3 is 2.70 bits per heavy atom. The molecule has 0 N–H and O–H groups in total. The minimum Gasteiger partial charge on any atom is -0.497 e. The van der Waals surface area contributed by atoms with Crippen molar-refractivity contribution in [2.45, 2.75) is 38.9 Å². The van der Waals surface area contributed by atoms with E-state index >= 15 is 0 Å². The lowest BCUT2D eigenvalue weighted by atomic mass is 10.1. The van der Waals surface area contributed by atoms with Crippen molar-refractivity contribution in [1.82, 2.24) is 19.9 Å². The van der Waals surface area contributed by atoms with E-state index in [1.165, 1.54) is 11.3 Å². The monoisotopic (exact) mass is 479 g/mol. The quantitative estimate of drug-likeness (QED) is 0.358. The van der Waals surface area contributed by atoms with Crippen molar-refractivity contribution in [1.29, 1.82) is 0 Å². The van der Waals surface area contributed by atoms with E-state index in [9.17, 15) is 4.79 Å². The third kappa shape index (κ3) is 4.69. The topological polar surface area (TPSA) is 71.5 Å². The first kappa shape index (κ1) is 21.8. The van der Waals surface area contributed by atoms with Gasteiger partial charge in [-0.05, 0) is 38.0 Å². The van der Waals surface area contributed by atoms with Crippen LogP contribution in [0.4, 0.5) is 5.82 Å². The minimum absolute atomic E-state index is 0.0403. The zero-order chi connectivity index (χ0) is 22.9. The van der Waals surface area contributed by atoms with Crippen LogP contribution in [-0.2, 0) is 13.1 Å². The van der Waals surface area contributed by atoms with Gasteiger partial charge in [-0.15, -0.1) is 22.7 Å². The van der Waals surface area contributed by atoms with Gasteiger partial charge in [0.2, 0.25) is 0 Å². The fraction of sp³-hybridized carbons (Fsp3) is 0.333. The first-order chi connectivity index (χ1) is 16.0. The number of ether oxygens (including phenoxy) is 1. The van der Waals surface area contributed by atoms with Gasteiger partial charge in [0.25, 0.3) is 5.91 Å². The molecule has 0 radical (unpaired) electrons. The lowest BCUT2D eigenvalue weighted by Gasteiger charge is -2.26. The maximum absolute atomic E-state index is 13.3. The Labute approximate surface area is 200 Å². The van der Waals surface area contributed by atoms with Gasteiger partial charge < -0.3 is 14.5 Å². The van der Waals surface area contributed by atoms with Crippen molar-refractivity contribution in [3.8, 4) is 5.75 Å². The molecule has 0 unspecified atom stereocenters. The van der Waals surface area contributed by atoms with Crippen molar-refractivity contribution in [2.24, 2.45) is 0 Å². The number of amides is 1. The van der Waals surface area contributed by atoms with Crippen LogP contribution in [0.1, 0.15) is 38.8 Å². The molecule has 3 heterocycles. The summed E-state index contributed by atoms with van der Waals surface area (Å²) >= 11 is 3.03. The number of methoxy groups -OCH3 is 1. The average Bonchev–Trinajstić information content (AvgIpc) is 3.34. The number of carbonyl (C=O) groups excluding carboxylic acids is 1. The Morgan fingerprint density at radius 2 is 2.03 bits per heavy atom. The zero-order valence-electron chi connectivity index (χ0n) is 18.8. The van der Waals surface area contributed by atoms with Crippen LogP contribution >= 0.6 is 22.7 Å². The first-order valence-electron chi connectivity index (χ1n) is 10.8. The molecule has 1 fully saturated rings. The number of aryl methyl sites for hydroxylation is 1. The van der Waals surface area contributed by atoms with Crippen LogP contribution < -0.4 is 9.64 Å². The molecule has 0 aliphatic heterocycles. The maximum Gasteiger partial charge on any atom is 0.266 e. The molecule has 5 rings (SSSR count). The molecule has 0 saturated heterocycles. The van der Waals surface area contributed by atoms with Crippen molar-refractivity contribution in [3.63, 3.8) is 0 Å². The molecular weight excluding hydrogens is 454 g/mol. The molecule has 1 aromatic carbocycles. The molecule has 7 nitrogen and oxygen atoms in total. The van der Waals surface area contributed by atoms with Crippen molar-refractivity contribution in [2.75, 3.05) is 19.1 Å². The highest BCUT2D eigenvalue weighted by molar-refractivity contribution is 7.11. The SMILES string of the molecule is COc1ccc2cc(CN(C(=O)c3cncs3)C3CC3)c(N(C)Cc3csc(C)n3)nc2c1. The van der Waals surface area contributed by atoms with Crippen molar-refractivity contribution in [3.05, 3.63) is 62.5 Å². The summed E-state index contributed by atoms with van der Waals surface area (Å²) < 4.78 is 5.41. The molecule has 4 aromatic rings. The number of hydrogen-bond donors (Lipinski definition) is 0. The second kappa shape index (κ2) is 9.07. The molecule has 1 aliphatic carbocycles. The lowest BCUT2D eigenvalue weighted by Crippen LogP contribution is -2.33. The van der Waals surface area contributed by atoms with Crippen LogP contribution in [0.5, 0.6) is 5.75 Å². The van der Waals surface area contributed by atoms with Crippen LogP contribution in [0, 0.1) is 6.92 Å². The smallest absolute Gasteiger partial charge is 0.266 e. The Balaban J connectivity index is 1.53. The number of carbonyl (C=O) groups is 1. The van der Waals surface area contributed by atoms with E-state index in [1.807, 2.05) is 37.1 Å². The van der Waals surface area contributed by atoms with Crippen LogP contribution in [0.25, 0.3) is 10.9 Å². The second-order valence-corrected chi connectivity index (χ2v) is 10.2. The summed E-state index contributed by atoms with van der Waals surface area (Å²) in [6.07, 6.45) is 3.73. The predicted octanol–water partition coefficient (Wildman–Crippen LogP) is 4.91. The van der Waals surface area contributed by atoms with Gasteiger partial charge in [0, 0.05) is 42.0 Å². The highest BCUT2D eigenvalue weighted by Gasteiger charge is 2.34. The Hall–Kier alpha value is -3.04. The lowest BCUT2D eigenvalue weighted by molar-refractivity contribution is 0.0735. The molecule has 0 spiro atoms. The van der Waals surface area contributed by atoms with Gasteiger partial charge in [0.1, 0.15) is 16.4 Å². The van der Waals surface area contributed by atoms with Crippen LogP contribution in [0.15, 0.2) is 41.4 Å². The van der Waals surface area contributed by atoms with Crippen LogP contribution in [0.2, 0.25) is 0 Å². The third-order valence-corrected chi connectivity index (χ3v) is 7.32. The number of anilines is 1. The van der Waals surface area contributed by atoms with E-state index < -0.39 is 0 Å². The number of thiazole rings is 2. The second-order valence-electron chi connectivity index (χ2n) is 8.27. The maximum atomic E-state index is 13.3. The normalized spacial score (nSPS) is 13.3. The summed E-state index contributed by atoms with van der Waals surface area (Å²) in [6, 6.07) is 8.33. The van der Waals surface area contributed by atoms with Gasteiger partial charge in [0.05, 0.1) is 41.6 Å². The van der Waals surface area contributed by atoms with Gasteiger partial charge in [-0.2, -0.15) is 0 Å². The molecule has 170 valence electrons. The zero-order valence-corrected chi connectivity index (χ0v) is 20.4. The minimum atomic E-state index is 0.0403. The van der Waals surface area contributed by atoms with E-state index in [1.54, 1.807) is 30.2 Å². The fourth-order valence-electron chi connectivity index (χ4n) is 3.95. The van der Waals surface area contributed by atoms with E-state index in [0.717, 1.165) is 51.6 Å². The van der Waals surface area contributed by atoms with Crippen LogP contribution in [0.3, 0.4) is 0 Å². The van der Waals surface area contributed by atoms with Crippen molar-refractivity contribution >= 4 is 45.3 Å². The fourth-order valence-corrected chi connectivity index (χ4v) is 5.13. The number of benzene rings is 1. The summed E-state index contributed by atoms with van der Waals surface area (Å²) in [4.78, 5) is 31.7. The Bertz CT molecular complexity index is 1280. The van der Waals surface area contributed by atoms with Gasteiger partial charge in [-0.3, -0.25) is 9.78 Å². The molecule has 3 aromatic heterocycles. The van der Waals surface area contributed by atoms with Gasteiger partial charge in [-0.25, -0.2) is 9.97 Å². The molecule has 0 bridgehead atoms. The number of fused-ring (bicyclic) bond motifs is 1. The van der Waals surface area contributed by atoms with E-state index in [0.29, 0.717) is 18.0 Å². The molecule has 0 atom stereocenters. The summed E-state index contributed by atoms with van der Waals surface area (Å²) in [5.74, 6) is 1.66. The molecule has 1 aliphatic rings. The van der Waals surface area contributed by atoms with Crippen LogP contribution in [-0.4, -0.2) is 46.0 Å². The van der Waals surface area contributed by atoms with Gasteiger partial charge >= 0.3 is 0 Å². The first-order valence-corrected chi connectivity index (χ1v) is 12.6. The van der Waals surface area contributed by atoms with Gasteiger partial charge in [-0.1, -0.05) is 0 Å². The third-order valence-electron chi connectivity index (χ3n) is 5.74. The van der Waals surface area contributed by atoms with E-state index in [4.69, 9.17) is 9.72 Å². The average molecular weight is 480 g/mol. The summed E-state index contributed by atoms with van der Waals surface area (Å²) in [5.41, 5.74) is 4.60. The standard InChI is InChI=1S/C24H25N5O2S2/c1-15-26-18(13-32-15)12-28(2)23-17(8-16-4-7-20(31-3)9-21(16)27-23)11-29(19-5-6-19)24(30)22-10-25-14-33-22/h4,7-10,13-14,19H,5-6,11-12H2,1-3H3. The Morgan fingerprint density at radius 1 is 1.18 bits per heavy atom. The molecule has 1 amide bonds. The number of nitrogens with zero attached hydrogens (tertiary/aromatic N) is 5. The highest BCUT2D eigenvalue weighted by atomic mass is 32.1. The molecule has 33 heavy (non-hydrogen) atoms. The molecule has 9 heteroatoms. The number of rotatable bonds is 8. The predicted molar refractivity (Wildman–Crippen MR) is 132 cm³/mol. The van der Waals surface area contributed by atoms with Crippen molar-refractivity contribution < 1.29 is 9.53 Å². The number of aromatic nitrogens is 3. The summed E-state index contributed by atoms with van der Waals surface area (Å²) in [7, 11) is 3.69. The number of pyridine rings is 1. The molecular formula is C24H25N5O2S2. The number of hydrogen-bond acceptors (Lipinski definition) is 8. The Kier molecular flexibility index (Phi) is 5.99. The molecule has 1 saturated carbocycles. The van der Waals surface area contributed by atoms with E-state index in [2.05, 4.69) is 26.3 Å². The summed E-state index contributed by atoms with van der Waals surface area (Å²) in [6.45, 7) is 3.16. The van der Waals surface area contributed by atoms with E-state index in [-0.39, 0.29) is 11.9 Å². The highest BCUT2D eigenvalue weighted by Crippen LogP contribution is 2.34.